The summed E-state index contributed by atoms with van der Waals surface area (Å²) < 4.78 is 54.8. The second-order valence-electron chi connectivity index (χ2n) is 5.43. The maximum atomic E-state index is 13.0. The molecule has 27 heavy (non-hydrogen) atoms. The van der Waals surface area contributed by atoms with Crippen LogP contribution >= 0.6 is 0 Å². The van der Waals surface area contributed by atoms with Crippen LogP contribution in [0.4, 0.5) is 18.9 Å². The second-order valence-corrected chi connectivity index (χ2v) is 5.43. The number of amides is 1. The van der Waals surface area contributed by atoms with Gasteiger partial charge < -0.3 is 19.5 Å². The lowest BCUT2D eigenvalue weighted by atomic mass is 10.1. The molecule has 0 aliphatic carbocycles. The van der Waals surface area contributed by atoms with Gasteiger partial charge in [-0.2, -0.15) is 13.2 Å². The highest BCUT2D eigenvalue weighted by molar-refractivity contribution is 6.06. The first-order chi connectivity index (χ1) is 12.9. The Kier molecular flexibility index (Phi) is 7.06. The average molecular weight is 383 g/mol. The molecule has 1 N–H and O–H groups in total. The number of ether oxygens (including phenoxy) is 3. The molecule has 0 atom stereocenters. The molecule has 8 heteroatoms. The molecule has 2 rings (SSSR count). The van der Waals surface area contributed by atoms with Crippen LogP contribution in [0.1, 0.15) is 22.8 Å². The van der Waals surface area contributed by atoms with Gasteiger partial charge in [0.05, 0.1) is 30.0 Å². The Morgan fingerprint density at radius 2 is 1.78 bits per heavy atom. The minimum absolute atomic E-state index is 0.0859. The lowest BCUT2D eigenvalue weighted by Gasteiger charge is -2.16. The summed E-state index contributed by atoms with van der Waals surface area (Å²) >= 11 is 0. The van der Waals surface area contributed by atoms with E-state index in [2.05, 4.69) is 5.32 Å². The number of hydrogen-bond acceptors (Lipinski definition) is 4. The Morgan fingerprint density at radius 1 is 1.04 bits per heavy atom. The van der Waals surface area contributed by atoms with Crippen molar-refractivity contribution in [2.45, 2.75) is 13.1 Å². The molecule has 0 aliphatic heterocycles. The van der Waals surface area contributed by atoms with Crippen molar-refractivity contribution in [3.63, 3.8) is 0 Å². The zero-order valence-electron chi connectivity index (χ0n) is 14.9. The molecular weight excluding hydrogens is 363 g/mol. The molecule has 2 aromatic carbocycles. The third kappa shape index (κ3) is 5.62. The van der Waals surface area contributed by atoms with Crippen LogP contribution in [0, 0.1) is 0 Å². The zero-order valence-corrected chi connectivity index (χ0v) is 14.9. The van der Waals surface area contributed by atoms with E-state index in [1.54, 1.807) is 25.1 Å². The highest BCUT2D eigenvalue weighted by atomic mass is 19.4. The maximum Gasteiger partial charge on any atom is 0.416 e. The van der Waals surface area contributed by atoms with Crippen LogP contribution in [0.2, 0.25) is 0 Å². The van der Waals surface area contributed by atoms with E-state index in [1.807, 2.05) is 0 Å². The summed E-state index contributed by atoms with van der Waals surface area (Å²) in [5.41, 5.74) is -0.771. The number of carbonyl (C=O) groups excluding carboxylic acids is 1. The van der Waals surface area contributed by atoms with Gasteiger partial charge >= 0.3 is 6.18 Å². The number of methoxy groups -OCH3 is 1. The number of anilines is 1. The van der Waals surface area contributed by atoms with Gasteiger partial charge in [-0.25, -0.2) is 0 Å². The van der Waals surface area contributed by atoms with Gasteiger partial charge in [-0.15, -0.1) is 0 Å². The molecule has 146 valence electrons. The van der Waals surface area contributed by atoms with Crippen molar-refractivity contribution in [1.82, 2.24) is 0 Å². The van der Waals surface area contributed by atoms with Gasteiger partial charge in [-0.1, -0.05) is 12.1 Å². The van der Waals surface area contributed by atoms with E-state index >= 15 is 0 Å². The van der Waals surface area contributed by atoms with Crippen molar-refractivity contribution < 1.29 is 32.2 Å². The Bertz CT molecular complexity index is 778. The van der Waals surface area contributed by atoms with Gasteiger partial charge in [-0.3, -0.25) is 4.79 Å². The summed E-state index contributed by atoms with van der Waals surface area (Å²) in [4.78, 5) is 12.6. The molecular formula is C19H20F3NO4. The average Bonchev–Trinajstić information content (AvgIpc) is 2.63. The van der Waals surface area contributed by atoms with Crippen LogP contribution in [0.5, 0.6) is 11.5 Å². The van der Waals surface area contributed by atoms with E-state index in [0.717, 1.165) is 12.1 Å². The number of halogens is 3. The van der Waals surface area contributed by atoms with Crippen LogP contribution in [0.3, 0.4) is 0 Å². The predicted octanol–water partition coefficient (Wildman–Crippen LogP) is 4.38. The van der Waals surface area contributed by atoms with E-state index in [0.29, 0.717) is 12.4 Å². The number of alkyl halides is 3. The van der Waals surface area contributed by atoms with E-state index in [-0.39, 0.29) is 30.2 Å². The lowest BCUT2D eigenvalue weighted by Crippen LogP contribution is -2.16. The van der Waals surface area contributed by atoms with E-state index < -0.39 is 17.6 Å². The molecule has 0 saturated heterocycles. The first kappa shape index (κ1) is 20.6. The van der Waals surface area contributed by atoms with Crippen molar-refractivity contribution in [1.29, 1.82) is 0 Å². The molecule has 0 bridgehead atoms. The maximum absolute atomic E-state index is 13.0. The first-order valence-electron chi connectivity index (χ1n) is 8.23. The largest absolute Gasteiger partial charge is 0.493 e. The third-order valence-corrected chi connectivity index (χ3v) is 3.53. The molecule has 0 fully saturated rings. The minimum Gasteiger partial charge on any atom is -0.493 e. The number of carbonyl (C=O) groups is 1. The van der Waals surface area contributed by atoms with Crippen molar-refractivity contribution in [3.8, 4) is 11.5 Å². The van der Waals surface area contributed by atoms with E-state index in [9.17, 15) is 18.0 Å². The van der Waals surface area contributed by atoms with Crippen molar-refractivity contribution in [2.24, 2.45) is 0 Å². The summed E-state index contributed by atoms with van der Waals surface area (Å²) in [5, 5.41) is 2.48. The Labute approximate surface area is 155 Å². The number of rotatable bonds is 8. The summed E-state index contributed by atoms with van der Waals surface area (Å²) in [7, 11) is 1.48. The van der Waals surface area contributed by atoms with Crippen LogP contribution in [0.15, 0.2) is 42.5 Å². The molecule has 0 aromatic heterocycles. The Hall–Kier alpha value is -2.74. The van der Waals surface area contributed by atoms with Crippen molar-refractivity contribution in [2.75, 3.05) is 32.2 Å². The monoisotopic (exact) mass is 383 g/mol. The van der Waals surface area contributed by atoms with Crippen molar-refractivity contribution >= 4 is 11.6 Å². The highest BCUT2D eigenvalue weighted by Crippen LogP contribution is 2.35. The second kappa shape index (κ2) is 9.27. The molecule has 2 aromatic rings. The molecule has 0 unspecified atom stereocenters. The fourth-order valence-corrected chi connectivity index (χ4v) is 2.29. The van der Waals surface area contributed by atoms with E-state index in [1.165, 1.54) is 19.2 Å². The summed E-state index contributed by atoms with van der Waals surface area (Å²) in [6.45, 7) is 2.49. The molecule has 1 amide bonds. The highest BCUT2D eigenvalue weighted by Gasteiger charge is 2.31. The molecule has 0 saturated carbocycles. The topological polar surface area (TPSA) is 56.8 Å². The zero-order chi connectivity index (χ0) is 19.9. The van der Waals surface area contributed by atoms with Gasteiger partial charge in [0, 0.05) is 7.11 Å². The molecule has 0 aliphatic rings. The van der Waals surface area contributed by atoms with E-state index in [4.69, 9.17) is 14.2 Å². The fraction of sp³-hybridized carbons (Fsp3) is 0.316. The molecule has 0 spiro atoms. The first-order valence-corrected chi connectivity index (χ1v) is 8.23. The Morgan fingerprint density at radius 3 is 2.44 bits per heavy atom. The quantitative estimate of drug-likeness (QED) is 0.688. The standard InChI is InChI=1S/C19H20F3NO4/c1-3-26-16-7-5-4-6-14(16)18(24)23-15-12-13(19(20,21)22)8-9-17(15)27-11-10-25-2/h4-9,12H,3,10-11H2,1-2H3,(H,23,24). The number of nitrogens with one attached hydrogen (secondary N) is 1. The Balaban J connectivity index is 2.32. The van der Waals surface area contributed by atoms with Crippen LogP contribution in [-0.4, -0.2) is 32.8 Å². The summed E-state index contributed by atoms with van der Waals surface area (Å²) in [6.07, 6.45) is -4.55. The smallest absolute Gasteiger partial charge is 0.416 e. The number of benzene rings is 2. The predicted molar refractivity (Wildman–Crippen MR) is 94.4 cm³/mol. The normalized spacial score (nSPS) is 11.1. The summed E-state index contributed by atoms with van der Waals surface area (Å²) in [6, 6.07) is 9.38. The van der Waals surface area contributed by atoms with Crippen LogP contribution in [-0.2, 0) is 10.9 Å². The minimum atomic E-state index is -4.55. The molecule has 0 heterocycles. The molecule has 0 radical (unpaired) electrons. The number of hydrogen-bond donors (Lipinski definition) is 1. The van der Waals surface area contributed by atoms with Gasteiger partial charge in [0.1, 0.15) is 18.1 Å². The van der Waals surface area contributed by atoms with Gasteiger partial charge in [-0.05, 0) is 37.3 Å². The summed E-state index contributed by atoms with van der Waals surface area (Å²) in [5.74, 6) is -0.149. The fourth-order valence-electron chi connectivity index (χ4n) is 2.29. The third-order valence-electron chi connectivity index (χ3n) is 3.53. The van der Waals surface area contributed by atoms with Gasteiger partial charge in [0.25, 0.3) is 5.91 Å². The lowest BCUT2D eigenvalue weighted by molar-refractivity contribution is -0.137. The van der Waals surface area contributed by atoms with Crippen LogP contribution in [0.25, 0.3) is 0 Å². The molecule has 5 nitrogen and oxygen atoms in total. The van der Waals surface area contributed by atoms with Gasteiger partial charge in [0.2, 0.25) is 0 Å². The van der Waals surface area contributed by atoms with Crippen LogP contribution < -0.4 is 14.8 Å². The SMILES string of the molecule is CCOc1ccccc1C(=O)Nc1cc(C(F)(F)F)ccc1OCCOC. The number of para-hydroxylation sites is 1. The van der Waals surface area contributed by atoms with Crippen molar-refractivity contribution in [3.05, 3.63) is 53.6 Å². The van der Waals surface area contributed by atoms with Gasteiger partial charge in [0.15, 0.2) is 0 Å².